The summed E-state index contributed by atoms with van der Waals surface area (Å²) in [6.07, 6.45) is -0.576. The molecule has 0 saturated carbocycles. The van der Waals surface area contributed by atoms with Crippen molar-refractivity contribution in [2.24, 2.45) is 0 Å². The lowest BCUT2D eigenvalue weighted by Crippen LogP contribution is -2.33. The largest absolute Gasteiger partial charge is 0.389 e. The molecular formula is C9H19NO7S. The van der Waals surface area contributed by atoms with Gasteiger partial charge in [-0.1, -0.05) is 0 Å². The normalized spacial score (nSPS) is 20.9. The van der Waals surface area contributed by atoms with E-state index < -0.39 is 16.2 Å². The van der Waals surface area contributed by atoms with Gasteiger partial charge in [-0.05, 0) is 0 Å². The van der Waals surface area contributed by atoms with Crippen LogP contribution in [0, 0.1) is 0 Å². The standard InChI is InChI=1S/C9H19NO7S/c11-8(3-10-1-2-18(12,13)14)4-15-7-16-5-9-6-17-9/h8-11H,1-7H2,(H,12,13,14). The van der Waals surface area contributed by atoms with Crippen molar-refractivity contribution in [3.05, 3.63) is 0 Å². The van der Waals surface area contributed by atoms with E-state index in [1.54, 1.807) is 0 Å². The minimum absolute atomic E-state index is 0.0748. The quantitative estimate of drug-likeness (QED) is 0.176. The third kappa shape index (κ3) is 9.71. The highest BCUT2D eigenvalue weighted by Gasteiger charge is 2.22. The summed E-state index contributed by atoms with van der Waals surface area (Å²) in [6, 6.07) is 0. The molecule has 18 heavy (non-hydrogen) atoms. The van der Waals surface area contributed by atoms with E-state index in [0.29, 0.717) is 6.61 Å². The number of hydrogen-bond donors (Lipinski definition) is 3. The van der Waals surface area contributed by atoms with Crippen LogP contribution < -0.4 is 5.32 Å². The van der Waals surface area contributed by atoms with Crippen molar-refractivity contribution in [2.75, 3.05) is 45.5 Å². The molecule has 1 fully saturated rings. The summed E-state index contributed by atoms with van der Waals surface area (Å²) in [5.74, 6) is -0.384. The van der Waals surface area contributed by atoms with Crippen molar-refractivity contribution >= 4 is 10.1 Å². The van der Waals surface area contributed by atoms with Gasteiger partial charge in [-0.25, -0.2) is 0 Å². The Morgan fingerprint density at radius 3 is 2.78 bits per heavy atom. The second kappa shape index (κ2) is 8.00. The van der Waals surface area contributed by atoms with Crippen molar-refractivity contribution < 1.29 is 32.3 Å². The van der Waals surface area contributed by atoms with E-state index in [0.717, 1.165) is 6.61 Å². The molecule has 1 aliphatic heterocycles. The summed E-state index contributed by atoms with van der Waals surface area (Å²) in [5, 5.41) is 12.1. The van der Waals surface area contributed by atoms with Crippen LogP contribution in [-0.2, 0) is 24.3 Å². The van der Waals surface area contributed by atoms with Gasteiger partial charge in [0.2, 0.25) is 0 Å². The Hall–Kier alpha value is -0.290. The number of aliphatic hydroxyl groups is 1. The molecule has 0 aliphatic carbocycles. The van der Waals surface area contributed by atoms with Gasteiger partial charge >= 0.3 is 0 Å². The number of aliphatic hydroxyl groups excluding tert-OH is 1. The molecule has 0 aromatic heterocycles. The molecule has 0 radical (unpaired) electrons. The number of nitrogens with one attached hydrogen (secondary N) is 1. The molecule has 1 saturated heterocycles. The first-order chi connectivity index (χ1) is 8.47. The van der Waals surface area contributed by atoms with Crippen LogP contribution in [0.15, 0.2) is 0 Å². The first-order valence-corrected chi connectivity index (χ1v) is 7.19. The van der Waals surface area contributed by atoms with Crippen LogP contribution in [0.3, 0.4) is 0 Å². The summed E-state index contributed by atoms with van der Waals surface area (Å²) < 4.78 is 44.3. The summed E-state index contributed by atoms with van der Waals surface area (Å²) in [7, 11) is -3.96. The summed E-state index contributed by atoms with van der Waals surface area (Å²) in [5.41, 5.74) is 0. The first-order valence-electron chi connectivity index (χ1n) is 5.58. The number of hydrogen-bond acceptors (Lipinski definition) is 7. The van der Waals surface area contributed by atoms with Gasteiger partial charge < -0.3 is 24.6 Å². The maximum Gasteiger partial charge on any atom is 0.266 e. The van der Waals surface area contributed by atoms with Crippen LogP contribution in [0.2, 0.25) is 0 Å². The Bertz CT molecular complexity index is 317. The van der Waals surface area contributed by atoms with Gasteiger partial charge in [-0.3, -0.25) is 4.55 Å². The van der Waals surface area contributed by atoms with Crippen molar-refractivity contribution in [1.82, 2.24) is 5.32 Å². The Kier molecular flexibility index (Phi) is 7.00. The van der Waals surface area contributed by atoms with Gasteiger partial charge in [-0.15, -0.1) is 0 Å². The van der Waals surface area contributed by atoms with E-state index in [1.807, 2.05) is 0 Å². The topological polar surface area (TPSA) is 118 Å². The van der Waals surface area contributed by atoms with Crippen molar-refractivity contribution in [1.29, 1.82) is 0 Å². The highest BCUT2D eigenvalue weighted by atomic mass is 32.2. The maximum absolute atomic E-state index is 10.4. The van der Waals surface area contributed by atoms with Gasteiger partial charge in [0.15, 0.2) is 0 Å². The van der Waals surface area contributed by atoms with E-state index >= 15 is 0 Å². The Balaban J connectivity index is 1.85. The summed E-state index contributed by atoms with van der Waals surface area (Å²) >= 11 is 0. The Morgan fingerprint density at radius 1 is 1.44 bits per heavy atom. The molecule has 1 aliphatic rings. The fraction of sp³-hybridized carbons (Fsp3) is 1.00. The third-order valence-electron chi connectivity index (χ3n) is 2.10. The van der Waals surface area contributed by atoms with Gasteiger partial charge in [0.05, 0.1) is 31.7 Å². The molecule has 1 heterocycles. The number of ether oxygens (including phenoxy) is 3. The third-order valence-corrected chi connectivity index (χ3v) is 2.82. The molecule has 8 nitrogen and oxygen atoms in total. The second-order valence-corrected chi connectivity index (χ2v) is 5.53. The van der Waals surface area contributed by atoms with E-state index in [-0.39, 0.29) is 38.3 Å². The molecule has 0 aromatic rings. The van der Waals surface area contributed by atoms with Crippen LogP contribution in [0.5, 0.6) is 0 Å². The van der Waals surface area contributed by atoms with Crippen LogP contribution in [0.4, 0.5) is 0 Å². The minimum atomic E-state index is -3.96. The smallest absolute Gasteiger partial charge is 0.266 e. The fourth-order valence-corrected chi connectivity index (χ4v) is 1.52. The van der Waals surface area contributed by atoms with Crippen molar-refractivity contribution in [2.45, 2.75) is 12.2 Å². The molecule has 2 atom stereocenters. The van der Waals surface area contributed by atoms with E-state index in [4.69, 9.17) is 18.8 Å². The average molecular weight is 285 g/mol. The van der Waals surface area contributed by atoms with Gasteiger partial charge in [0.25, 0.3) is 10.1 Å². The molecule has 9 heteroatoms. The lowest BCUT2D eigenvalue weighted by Gasteiger charge is -2.12. The Labute approximate surface area is 106 Å². The van der Waals surface area contributed by atoms with Crippen LogP contribution in [-0.4, -0.2) is 75.7 Å². The molecule has 0 amide bonds. The zero-order valence-corrected chi connectivity index (χ0v) is 10.8. The van der Waals surface area contributed by atoms with Gasteiger partial charge in [0, 0.05) is 13.1 Å². The SMILES string of the molecule is O=S(=O)(O)CCNCC(O)COCOCC1CO1. The molecule has 3 N–H and O–H groups in total. The van der Waals surface area contributed by atoms with Crippen molar-refractivity contribution in [3.8, 4) is 0 Å². The highest BCUT2D eigenvalue weighted by Crippen LogP contribution is 2.08. The molecule has 0 bridgehead atoms. The van der Waals surface area contributed by atoms with E-state index in [1.165, 1.54) is 0 Å². The predicted octanol–water partition coefficient (Wildman–Crippen LogP) is -1.79. The zero-order valence-electron chi connectivity index (χ0n) is 9.95. The zero-order chi connectivity index (χ0) is 13.4. The number of epoxide rings is 1. The average Bonchev–Trinajstić information content (AvgIpc) is 3.06. The van der Waals surface area contributed by atoms with Crippen LogP contribution in [0.25, 0.3) is 0 Å². The maximum atomic E-state index is 10.4. The van der Waals surface area contributed by atoms with E-state index in [2.05, 4.69) is 5.32 Å². The fourth-order valence-electron chi connectivity index (χ4n) is 1.12. The van der Waals surface area contributed by atoms with E-state index in [9.17, 15) is 13.5 Å². The van der Waals surface area contributed by atoms with Gasteiger partial charge in [0.1, 0.15) is 12.9 Å². The molecule has 108 valence electrons. The molecule has 0 spiro atoms. The lowest BCUT2D eigenvalue weighted by molar-refractivity contribution is -0.0807. The molecule has 2 unspecified atom stereocenters. The lowest BCUT2D eigenvalue weighted by atomic mass is 10.4. The summed E-state index contributed by atoms with van der Waals surface area (Å²) in [6.45, 7) is 1.64. The highest BCUT2D eigenvalue weighted by molar-refractivity contribution is 7.85. The first kappa shape index (κ1) is 15.8. The molecule has 1 rings (SSSR count). The van der Waals surface area contributed by atoms with Crippen LogP contribution in [0.1, 0.15) is 0 Å². The summed E-state index contributed by atoms with van der Waals surface area (Å²) in [4.78, 5) is 0. The second-order valence-electron chi connectivity index (χ2n) is 3.96. The number of rotatable bonds is 11. The molecular weight excluding hydrogens is 266 g/mol. The Morgan fingerprint density at radius 2 is 2.17 bits per heavy atom. The van der Waals surface area contributed by atoms with Crippen LogP contribution >= 0.6 is 0 Å². The molecule has 0 aromatic carbocycles. The minimum Gasteiger partial charge on any atom is -0.389 e. The van der Waals surface area contributed by atoms with Crippen molar-refractivity contribution in [3.63, 3.8) is 0 Å². The monoisotopic (exact) mass is 285 g/mol. The van der Waals surface area contributed by atoms with Gasteiger partial charge in [-0.2, -0.15) is 8.42 Å². The predicted molar refractivity (Wildman–Crippen MR) is 61.8 cm³/mol.